The van der Waals surface area contributed by atoms with Gasteiger partial charge in [-0.25, -0.2) is 9.78 Å². The number of amides is 1. The molecule has 0 aliphatic heterocycles. The molecule has 3 rings (SSSR count). The first-order chi connectivity index (χ1) is 13.1. The fourth-order valence-electron chi connectivity index (χ4n) is 3.73. The largest absolute Gasteiger partial charge is 0.477 e. The monoisotopic (exact) mass is 400 g/mol. The van der Waals surface area contributed by atoms with Crippen LogP contribution in [0.15, 0.2) is 6.33 Å². The highest BCUT2D eigenvalue weighted by Gasteiger charge is 2.32. The lowest BCUT2D eigenvalue weighted by atomic mass is 9.72. The third kappa shape index (κ3) is 3.80. The molecule has 0 fully saturated rings. The van der Waals surface area contributed by atoms with Gasteiger partial charge in [0.2, 0.25) is 5.91 Å². The van der Waals surface area contributed by atoms with Crippen molar-refractivity contribution in [1.82, 2.24) is 9.55 Å². The summed E-state index contributed by atoms with van der Waals surface area (Å²) in [6.45, 7) is 8.12. The standard InChI is InChI=1S/C20H24N4O3S/c1-11-17(19(26)27)24(10-22-11)9-16(25)23-18-14(8-21)13-6-5-12(20(2,3)4)7-15(13)28-18/h10,12H,5-7,9H2,1-4H3,(H,23,25)(H,26,27). The van der Waals surface area contributed by atoms with Crippen molar-refractivity contribution in [3.05, 3.63) is 33.7 Å². The van der Waals surface area contributed by atoms with Crippen molar-refractivity contribution < 1.29 is 14.7 Å². The first kappa shape index (κ1) is 20.1. The van der Waals surface area contributed by atoms with Gasteiger partial charge in [0.25, 0.3) is 0 Å². The highest BCUT2D eigenvalue weighted by atomic mass is 32.1. The predicted octanol–water partition coefficient (Wildman–Crippen LogP) is 3.61. The molecule has 1 unspecified atom stereocenters. The second-order valence-electron chi connectivity index (χ2n) is 8.29. The molecule has 1 aliphatic carbocycles. The van der Waals surface area contributed by atoms with Gasteiger partial charge in [-0.05, 0) is 43.1 Å². The fraction of sp³-hybridized carbons (Fsp3) is 0.500. The molecule has 148 valence electrons. The van der Waals surface area contributed by atoms with Crippen molar-refractivity contribution in [3.8, 4) is 6.07 Å². The van der Waals surface area contributed by atoms with E-state index in [2.05, 4.69) is 37.1 Å². The zero-order chi connectivity index (χ0) is 20.6. The minimum Gasteiger partial charge on any atom is -0.477 e. The number of aromatic nitrogens is 2. The van der Waals surface area contributed by atoms with Gasteiger partial charge in [0.15, 0.2) is 5.69 Å². The van der Waals surface area contributed by atoms with Crippen molar-refractivity contribution in [3.63, 3.8) is 0 Å². The number of nitriles is 1. The van der Waals surface area contributed by atoms with Crippen molar-refractivity contribution in [2.45, 2.75) is 53.5 Å². The first-order valence-corrected chi connectivity index (χ1v) is 10.0. The first-order valence-electron chi connectivity index (χ1n) is 9.21. The molecule has 1 atom stereocenters. The maximum atomic E-state index is 12.5. The zero-order valence-electron chi connectivity index (χ0n) is 16.5. The Morgan fingerprint density at radius 1 is 1.46 bits per heavy atom. The number of rotatable bonds is 4. The lowest BCUT2D eigenvalue weighted by molar-refractivity contribution is -0.116. The van der Waals surface area contributed by atoms with E-state index in [9.17, 15) is 20.0 Å². The van der Waals surface area contributed by atoms with E-state index in [1.807, 2.05) is 0 Å². The van der Waals surface area contributed by atoms with E-state index < -0.39 is 5.97 Å². The quantitative estimate of drug-likeness (QED) is 0.815. The molecule has 0 saturated carbocycles. The number of nitrogens with one attached hydrogen (secondary N) is 1. The topological polar surface area (TPSA) is 108 Å². The van der Waals surface area contributed by atoms with Crippen molar-refractivity contribution in [2.75, 3.05) is 5.32 Å². The number of hydrogen-bond acceptors (Lipinski definition) is 5. The Hall–Kier alpha value is -2.66. The van der Waals surface area contributed by atoms with Crippen LogP contribution < -0.4 is 5.32 Å². The van der Waals surface area contributed by atoms with E-state index >= 15 is 0 Å². The number of nitrogens with zero attached hydrogens (tertiary/aromatic N) is 3. The number of carboxylic acids is 1. The van der Waals surface area contributed by atoms with Gasteiger partial charge in [0, 0.05) is 4.88 Å². The molecular formula is C20H24N4O3S. The number of carboxylic acid groups (broad SMARTS) is 1. The third-order valence-corrected chi connectivity index (χ3v) is 6.56. The number of fused-ring (bicyclic) bond motifs is 1. The molecule has 2 aromatic heterocycles. The van der Waals surface area contributed by atoms with Crippen LogP contribution in [-0.2, 0) is 24.2 Å². The number of thiophene rings is 1. The van der Waals surface area contributed by atoms with Gasteiger partial charge in [0.05, 0.1) is 17.6 Å². The van der Waals surface area contributed by atoms with Gasteiger partial charge in [0.1, 0.15) is 17.6 Å². The van der Waals surface area contributed by atoms with Gasteiger partial charge in [-0.2, -0.15) is 5.26 Å². The summed E-state index contributed by atoms with van der Waals surface area (Å²) < 4.78 is 1.31. The molecule has 2 aromatic rings. The maximum Gasteiger partial charge on any atom is 0.354 e. The van der Waals surface area contributed by atoms with Crippen LogP contribution in [0.25, 0.3) is 0 Å². The van der Waals surface area contributed by atoms with Gasteiger partial charge < -0.3 is 15.0 Å². The van der Waals surface area contributed by atoms with Crippen LogP contribution >= 0.6 is 11.3 Å². The number of carbonyl (C=O) groups excluding carboxylic acids is 1. The molecule has 28 heavy (non-hydrogen) atoms. The molecule has 0 bridgehead atoms. The Labute approximate surface area is 168 Å². The summed E-state index contributed by atoms with van der Waals surface area (Å²) in [6, 6.07) is 2.24. The maximum absolute atomic E-state index is 12.5. The summed E-state index contributed by atoms with van der Waals surface area (Å²) in [5.74, 6) is -0.955. The molecule has 0 spiro atoms. The summed E-state index contributed by atoms with van der Waals surface area (Å²) >= 11 is 1.47. The van der Waals surface area contributed by atoms with Crippen molar-refractivity contribution in [1.29, 1.82) is 5.26 Å². The Balaban J connectivity index is 1.80. The van der Waals surface area contributed by atoms with E-state index in [1.54, 1.807) is 6.92 Å². The number of aromatic carboxylic acids is 1. The molecule has 1 amide bonds. The number of anilines is 1. The van der Waals surface area contributed by atoms with Crippen LogP contribution in [0, 0.1) is 29.6 Å². The van der Waals surface area contributed by atoms with Crippen LogP contribution in [0.1, 0.15) is 59.4 Å². The van der Waals surface area contributed by atoms with Gasteiger partial charge in [-0.15, -0.1) is 11.3 Å². The molecule has 2 N–H and O–H groups in total. The van der Waals surface area contributed by atoms with E-state index in [0.717, 1.165) is 24.8 Å². The van der Waals surface area contributed by atoms with Crippen LogP contribution in [0.2, 0.25) is 0 Å². The normalized spacial score (nSPS) is 16.3. The minimum atomic E-state index is -1.12. The van der Waals surface area contributed by atoms with Gasteiger partial charge in [-0.1, -0.05) is 20.8 Å². The lowest BCUT2D eigenvalue weighted by Crippen LogP contribution is -2.26. The summed E-state index contributed by atoms with van der Waals surface area (Å²) in [4.78, 5) is 29.0. The van der Waals surface area contributed by atoms with Crippen LogP contribution in [0.3, 0.4) is 0 Å². The van der Waals surface area contributed by atoms with Crippen LogP contribution in [0.5, 0.6) is 0 Å². The van der Waals surface area contributed by atoms with Crippen LogP contribution in [-0.4, -0.2) is 26.5 Å². The van der Waals surface area contributed by atoms with E-state index in [-0.39, 0.29) is 23.6 Å². The molecule has 0 aromatic carbocycles. The smallest absolute Gasteiger partial charge is 0.354 e. The SMILES string of the molecule is Cc1ncn(CC(=O)Nc2sc3c(c2C#N)CCC(C(C)(C)C)C3)c1C(=O)O. The third-order valence-electron chi connectivity index (χ3n) is 5.39. The predicted molar refractivity (Wildman–Crippen MR) is 107 cm³/mol. The average molecular weight is 401 g/mol. The number of carbonyl (C=O) groups is 2. The lowest BCUT2D eigenvalue weighted by Gasteiger charge is -2.33. The molecule has 8 heteroatoms. The number of imidazole rings is 1. The average Bonchev–Trinajstić information content (AvgIpc) is 3.12. The molecule has 0 saturated heterocycles. The fourth-order valence-corrected chi connectivity index (χ4v) is 5.03. The Morgan fingerprint density at radius 2 is 2.18 bits per heavy atom. The zero-order valence-corrected chi connectivity index (χ0v) is 17.3. The van der Waals surface area contributed by atoms with Crippen molar-refractivity contribution >= 4 is 28.2 Å². The number of aryl methyl sites for hydroxylation is 1. The molecular weight excluding hydrogens is 376 g/mol. The molecule has 1 aliphatic rings. The Morgan fingerprint density at radius 3 is 2.79 bits per heavy atom. The number of hydrogen-bond donors (Lipinski definition) is 2. The van der Waals surface area contributed by atoms with E-state index in [4.69, 9.17) is 0 Å². The summed E-state index contributed by atoms with van der Waals surface area (Å²) in [6.07, 6.45) is 4.14. The van der Waals surface area contributed by atoms with Crippen LogP contribution in [0.4, 0.5) is 5.00 Å². The summed E-state index contributed by atoms with van der Waals surface area (Å²) in [7, 11) is 0. The summed E-state index contributed by atoms with van der Waals surface area (Å²) in [5.41, 5.74) is 2.14. The van der Waals surface area contributed by atoms with E-state index in [0.29, 0.717) is 22.2 Å². The molecule has 7 nitrogen and oxygen atoms in total. The highest BCUT2D eigenvalue weighted by Crippen LogP contribution is 2.43. The van der Waals surface area contributed by atoms with Gasteiger partial charge in [-0.3, -0.25) is 4.79 Å². The Bertz CT molecular complexity index is 975. The molecule has 2 heterocycles. The molecule has 0 radical (unpaired) electrons. The highest BCUT2D eigenvalue weighted by molar-refractivity contribution is 7.16. The second-order valence-corrected chi connectivity index (χ2v) is 9.39. The van der Waals surface area contributed by atoms with Crippen molar-refractivity contribution in [2.24, 2.45) is 11.3 Å². The van der Waals surface area contributed by atoms with E-state index in [1.165, 1.54) is 27.1 Å². The summed E-state index contributed by atoms with van der Waals surface area (Å²) in [5, 5.41) is 22.3. The van der Waals surface area contributed by atoms with Gasteiger partial charge >= 0.3 is 5.97 Å². The second kappa shape index (κ2) is 7.40. The minimum absolute atomic E-state index is 0.00542. The Kier molecular flexibility index (Phi) is 5.31.